The van der Waals surface area contributed by atoms with Crippen LogP contribution >= 0.6 is 0 Å². The van der Waals surface area contributed by atoms with Gasteiger partial charge in [-0.1, -0.05) is 0 Å². The fourth-order valence-corrected chi connectivity index (χ4v) is 1.28. The third-order valence-corrected chi connectivity index (χ3v) is 2.18. The zero-order valence-electron chi connectivity index (χ0n) is 8.70. The molecule has 14 heavy (non-hydrogen) atoms. The highest BCUT2D eigenvalue weighted by Crippen LogP contribution is 2.12. The van der Waals surface area contributed by atoms with E-state index in [1.165, 1.54) is 0 Å². The number of rotatable bonds is 4. The molecule has 0 bridgehead atoms. The monoisotopic (exact) mass is 196 g/mol. The molecule has 1 unspecified atom stereocenters. The molecule has 1 aromatic heterocycles. The Kier molecular flexibility index (Phi) is 3.71. The number of hydrogen-bond acceptors (Lipinski definition) is 3. The van der Waals surface area contributed by atoms with E-state index in [9.17, 15) is 4.79 Å². The van der Waals surface area contributed by atoms with Crippen molar-refractivity contribution in [3.63, 3.8) is 0 Å². The minimum atomic E-state index is -0.204. The van der Waals surface area contributed by atoms with Gasteiger partial charge in [0.15, 0.2) is 0 Å². The molecule has 4 nitrogen and oxygen atoms in total. The summed E-state index contributed by atoms with van der Waals surface area (Å²) in [7, 11) is 1.63. The lowest BCUT2D eigenvalue weighted by Crippen LogP contribution is -2.41. The molecule has 0 aliphatic rings. The largest absolute Gasteiger partial charge is 0.472 e. The minimum absolute atomic E-state index is 0.0136. The maximum Gasteiger partial charge on any atom is 0.236 e. The van der Waals surface area contributed by atoms with Crippen molar-refractivity contribution in [3.05, 3.63) is 24.2 Å². The predicted octanol–water partition coefficient (Wildman–Crippen LogP) is 1.06. The third-order valence-electron chi connectivity index (χ3n) is 2.18. The summed E-state index contributed by atoms with van der Waals surface area (Å²) in [6, 6.07) is 1.79. The van der Waals surface area contributed by atoms with Crippen LogP contribution in [0.1, 0.15) is 25.5 Å². The van der Waals surface area contributed by atoms with Gasteiger partial charge in [0.2, 0.25) is 5.91 Å². The lowest BCUT2D eigenvalue weighted by molar-refractivity contribution is -0.122. The lowest BCUT2D eigenvalue weighted by atomic mass is 10.1. The third kappa shape index (κ3) is 2.60. The molecule has 1 heterocycles. The second kappa shape index (κ2) is 4.81. The first-order valence-electron chi connectivity index (χ1n) is 4.65. The fourth-order valence-electron chi connectivity index (χ4n) is 1.28. The van der Waals surface area contributed by atoms with Gasteiger partial charge in [-0.3, -0.25) is 10.1 Å². The van der Waals surface area contributed by atoms with E-state index in [0.29, 0.717) is 0 Å². The Morgan fingerprint density at radius 3 is 2.71 bits per heavy atom. The summed E-state index contributed by atoms with van der Waals surface area (Å²) in [5.74, 6) is -0.0136. The first-order chi connectivity index (χ1) is 6.65. The van der Waals surface area contributed by atoms with Crippen molar-refractivity contribution in [1.29, 1.82) is 0 Å². The summed E-state index contributed by atoms with van der Waals surface area (Å²) in [4.78, 5) is 11.2. The van der Waals surface area contributed by atoms with Crippen LogP contribution < -0.4 is 10.6 Å². The molecule has 1 aromatic rings. The van der Waals surface area contributed by atoms with Crippen LogP contribution in [0.2, 0.25) is 0 Å². The Bertz CT molecular complexity index is 282. The van der Waals surface area contributed by atoms with E-state index in [4.69, 9.17) is 4.42 Å². The Morgan fingerprint density at radius 1 is 1.50 bits per heavy atom. The Morgan fingerprint density at radius 2 is 2.21 bits per heavy atom. The summed E-state index contributed by atoms with van der Waals surface area (Å²) in [5, 5.41) is 5.75. The molecule has 2 atom stereocenters. The van der Waals surface area contributed by atoms with E-state index in [-0.39, 0.29) is 18.0 Å². The second-order valence-electron chi connectivity index (χ2n) is 3.28. The number of nitrogens with one attached hydrogen (secondary N) is 2. The molecule has 1 rings (SSSR count). The normalized spacial score (nSPS) is 14.8. The van der Waals surface area contributed by atoms with Gasteiger partial charge in [-0.15, -0.1) is 0 Å². The number of carbonyl (C=O) groups is 1. The van der Waals surface area contributed by atoms with Crippen LogP contribution in [0.15, 0.2) is 23.0 Å². The predicted molar refractivity (Wildman–Crippen MR) is 53.8 cm³/mol. The van der Waals surface area contributed by atoms with E-state index in [0.717, 1.165) is 5.56 Å². The van der Waals surface area contributed by atoms with Gasteiger partial charge in [0.25, 0.3) is 0 Å². The van der Waals surface area contributed by atoms with E-state index < -0.39 is 0 Å². The summed E-state index contributed by atoms with van der Waals surface area (Å²) in [6.45, 7) is 3.82. The highest BCUT2D eigenvalue weighted by Gasteiger charge is 2.14. The van der Waals surface area contributed by atoms with Gasteiger partial charge >= 0.3 is 0 Å². The van der Waals surface area contributed by atoms with Crippen LogP contribution in [0.5, 0.6) is 0 Å². The van der Waals surface area contributed by atoms with Crippen molar-refractivity contribution in [1.82, 2.24) is 10.6 Å². The molecule has 0 radical (unpaired) electrons. The number of furan rings is 1. The average Bonchev–Trinajstić information content (AvgIpc) is 2.69. The van der Waals surface area contributed by atoms with E-state index in [2.05, 4.69) is 10.6 Å². The molecule has 0 aliphatic carbocycles. The summed E-state index contributed by atoms with van der Waals surface area (Å²) < 4.78 is 4.96. The molecule has 0 aliphatic heterocycles. The molecular formula is C10H16N2O2. The summed E-state index contributed by atoms with van der Waals surface area (Å²) in [5.41, 5.74) is 1.04. The molecule has 1 amide bonds. The van der Waals surface area contributed by atoms with Gasteiger partial charge in [-0.25, -0.2) is 0 Å². The lowest BCUT2D eigenvalue weighted by Gasteiger charge is -2.17. The van der Waals surface area contributed by atoms with Gasteiger partial charge in [0.05, 0.1) is 18.6 Å². The SMILES string of the molecule is CNC(=O)[C@@H](C)NC(C)c1ccoc1. The molecule has 4 heteroatoms. The molecule has 78 valence electrons. The molecule has 0 spiro atoms. The fraction of sp³-hybridized carbons (Fsp3) is 0.500. The highest BCUT2D eigenvalue weighted by atomic mass is 16.3. The van der Waals surface area contributed by atoms with Crippen molar-refractivity contribution >= 4 is 5.91 Å². The minimum Gasteiger partial charge on any atom is -0.472 e. The zero-order valence-corrected chi connectivity index (χ0v) is 8.70. The van der Waals surface area contributed by atoms with Crippen LogP contribution in [-0.4, -0.2) is 19.0 Å². The maximum absolute atomic E-state index is 11.2. The van der Waals surface area contributed by atoms with Gasteiger partial charge in [-0.05, 0) is 19.9 Å². The Labute approximate surface area is 83.7 Å². The molecule has 0 fully saturated rings. The van der Waals surface area contributed by atoms with Crippen molar-refractivity contribution in [2.24, 2.45) is 0 Å². The van der Waals surface area contributed by atoms with Crippen molar-refractivity contribution in [3.8, 4) is 0 Å². The van der Waals surface area contributed by atoms with E-state index in [1.807, 2.05) is 19.9 Å². The van der Waals surface area contributed by atoms with Gasteiger partial charge in [-0.2, -0.15) is 0 Å². The average molecular weight is 196 g/mol. The molecule has 0 saturated heterocycles. The molecule has 0 aromatic carbocycles. The van der Waals surface area contributed by atoms with E-state index in [1.54, 1.807) is 19.6 Å². The number of hydrogen-bond donors (Lipinski definition) is 2. The Hall–Kier alpha value is -1.29. The maximum atomic E-state index is 11.2. The van der Waals surface area contributed by atoms with Crippen molar-refractivity contribution in [2.75, 3.05) is 7.05 Å². The van der Waals surface area contributed by atoms with Crippen LogP contribution in [0.4, 0.5) is 0 Å². The van der Waals surface area contributed by atoms with E-state index >= 15 is 0 Å². The number of amides is 1. The molecular weight excluding hydrogens is 180 g/mol. The highest BCUT2D eigenvalue weighted by molar-refractivity contribution is 5.80. The van der Waals surface area contributed by atoms with Crippen molar-refractivity contribution in [2.45, 2.75) is 25.9 Å². The second-order valence-corrected chi connectivity index (χ2v) is 3.28. The van der Waals surface area contributed by atoms with Crippen LogP contribution in [0.25, 0.3) is 0 Å². The van der Waals surface area contributed by atoms with Gasteiger partial charge in [0, 0.05) is 18.7 Å². The number of likely N-dealkylation sites (N-methyl/N-ethyl adjacent to an activating group) is 1. The first kappa shape index (κ1) is 10.8. The van der Waals surface area contributed by atoms with Gasteiger partial charge in [0.1, 0.15) is 0 Å². The standard InChI is InChI=1S/C10H16N2O2/c1-7(9-4-5-14-6-9)12-8(2)10(13)11-3/h4-8,12H,1-3H3,(H,11,13)/t7?,8-/m1/s1. The van der Waals surface area contributed by atoms with Crippen LogP contribution in [-0.2, 0) is 4.79 Å². The molecule has 2 N–H and O–H groups in total. The van der Waals surface area contributed by atoms with Crippen LogP contribution in [0.3, 0.4) is 0 Å². The smallest absolute Gasteiger partial charge is 0.236 e. The summed E-state index contributed by atoms with van der Waals surface area (Å²) in [6.07, 6.45) is 3.30. The van der Waals surface area contributed by atoms with Gasteiger partial charge < -0.3 is 9.73 Å². The topological polar surface area (TPSA) is 54.3 Å². The van der Waals surface area contributed by atoms with Crippen LogP contribution in [0, 0.1) is 0 Å². The Balaban J connectivity index is 2.49. The zero-order chi connectivity index (χ0) is 10.6. The number of carbonyl (C=O) groups excluding carboxylic acids is 1. The summed E-state index contributed by atoms with van der Waals surface area (Å²) >= 11 is 0. The first-order valence-corrected chi connectivity index (χ1v) is 4.65. The molecule has 0 saturated carbocycles. The quantitative estimate of drug-likeness (QED) is 0.757. The van der Waals surface area contributed by atoms with Crippen molar-refractivity contribution < 1.29 is 9.21 Å².